The van der Waals surface area contributed by atoms with E-state index in [-0.39, 0.29) is 24.8 Å². The molecule has 0 radical (unpaired) electrons. The quantitative estimate of drug-likeness (QED) is 0.416. The highest BCUT2D eigenvalue weighted by Crippen LogP contribution is 2.37. The maximum atomic E-state index is 11.7. The Balaban J connectivity index is 2.68. The number of rotatable bonds is 5. The van der Waals surface area contributed by atoms with Gasteiger partial charge < -0.3 is 20.1 Å². The highest BCUT2D eigenvalue weighted by atomic mass is 16.5. The number of aromatic hydroxyl groups is 3. The molecule has 0 bridgehead atoms. The molecule has 0 heterocycles. The standard InChI is InChI=1S/C12H14O6/c1-18-10(15)4-2-3-8(13)7-5-6-9(14)12(17)11(7)16/h5-6,14,16-17H,2-4H2,1H3. The molecule has 0 aliphatic carbocycles. The second-order valence-electron chi connectivity index (χ2n) is 3.68. The van der Waals surface area contributed by atoms with Gasteiger partial charge in [-0.25, -0.2) is 0 Å². The number of esters is 1. The van der Waals surface area contributed by atoms with E-state index in [9.17, 15) is 19.8 Å². The summed E-state index contributed by atoms with van der Waals surface area (Å²) in [6.07, 6.45) is 0.423. The van der Waals surface area contributed by atoms with Crippen molar-refractivity contribution in [3.63, 3.8) is 0 Å². The minimum absolute atomic E-state index is 0.0346. The van der Waals surface area contributed by atoms with Gasteiger partial charge in [0.1, 0.15) is 0 Å². The van der Waals surface area contributed by atoms with Crippen LogP contribution in [0.5, 0.6) is 17.2 Å². The number of benzene rings is 1. The Labute approximate surface area is 103 Å². The smallest absolute Gasteiger partial charge is 0.305 e. The summed E-state index contributed by atoms with van der Waals surface area (Å²) in [7, 11) is 1.26. The Morgan fingerprint density at radius 3 is 2.39 bits per heavy atom. The number of hydrogen-bond donors (Lipinski definition) is 3. The molecule has 0 fully saturated rings. The van der Waals surface area contributed by atoms with Crippen LogP contribution >= 0.6 is 0 Å². The van der Waals surface area contributed by atoms with Crippen LogP contribution in [0.4, 0.5) is 0 Å². The second kappa shape index (κ2) is 5.90. The summed E-state index contributed by atoms with van der Waals surface area (Å²) >= 11 is 0. The molecule has 0 aliphatic rings. The van der Waals surface area contributed by atoms with Crippen LogP contribution in [0.1, 0.15) is 29.6 Å². The van der Waals surface area contributed by atoms with Crippen LogP contribution in [-0.2, 0) is 9.53 Å². The average Bonchev–Trinajstić information content (AvgIpc) is 2.35. The van der Waals surface area contributed by atoms with E-state index in [2.05, 4.69) is 4.74 Å². The predicted molar refractivity (Wildman–Crippen MR) is 61.6 cm³/mol. The third-order valence-corrected chi connectivity index (χ3v) is 2.44. The molecule has 6 nitrogen and oxygen atoms in total. The zero-order chi connectivity index (χ0) is 13.7. The van der Waals surface area contributed by atoms with E-state index in [0.717, 1.165) is 6.07 Å². The number of ether oxygens (including phenoxy) is 1. The normalized spacial score (nSPS) is 10.1. The van der Waals surface area contributed by atoms with Crippen molar-refractivity contribution in [2.45, 2.75) is 19.3 Å². The van der Waals surface area contributed by atoms with Crippen LogP contribution in [0, 0.1) is 0 Å². The maximum Gasteiger partial charge on any atom is 0.305 e. The molecule has 0 atom stereocenters. The van der Waals surface area contributed by atoms with E-state index in [0.29, 0.717) is 0 Å². The molecular formula is C12H14O6. The summed E-state index contributed by atoms with van der Waals surface area (Å²) in [5.74, 6) is -2.72. The summed E-state index contributed by atoms with van der Waals surface area (Å²) in [5.41, 5.74) is -0.0878. The lowest BCUT2D eigenvalue weighted by Gasteiger charge is -2.06. The number of carbonyl (C=O) groups is 2. The lowest BCUT2D eigenvalue weighted by molar-refractivity contribution is -0.140. The molecule has 3 N–H and O–H groups in total. The van der Waals surface area contributed by atoms with Crippen molar-refractivity contribution in [1.82, 2.24) is 0 Å². The van der Waals surface area contributed by atoms with E-state index >= 15 is 0 Å². The Hall–Kier alpha value is -2.24. The highest BCUT2D eigenvalue weighted by Gasteiger charge is 2.17. The van der Waals surface area contributed by atoms with Crippen LogP contribution in [0.2, 0.25) is 0 Å². The second-order valence-corrected chi connectivity index (χ2v) is 3.68. The molecule has 18 heavy (non-hydrogen) atoms. The molecule has 98 valence electrons. The van der Waals surface area contributed by atoms with E-state index in [1.807, 2.05) is 0 Å². The number of ketones is 1. The van der Waals surface area contributed by atoms with E-state index in [1.54, 1.807) is 0 Å². The lowest BCUT2D eigenvalue weighted by Crippen LogP contribution is -2.04. The van der Waals surface area contributed by atoms with Crippen molar-refractivity contribution in [2.75, 3.05) is 7.11 Å². The molecular weight excluding hydrogens is 240 g/mol. The fourth-order valence-electron chi connectivity index (χ4n) is 1.42. The summed E-state index contributed by atoms with van der Waals surface area (Å²) < 4.78 is 4.42. The van der Waals surface area contributed by atoms with E-state index in [4.69, 9.17) is 5.11 Å². The monoisotopic (exact) mass is 254 g/mol. The third kappa shape index (κ3) is 3.13. The third-order valence-electron chi connectivity index (χ3n) is 2.44. The Kier molecular flexibility index (Phi) is 4.53. The van der Waals surface area contributed by atoms with Crippen molar-refractivity contribution in [2.24, 2.45) is 0 Å². The molecule has 6 heteroatoms. The minimum atomic E-state index is -0.728. The summed E-state index contributed by atoms with van der Waals surface area (Å²) in [6, 6.07) is 2.33. The van der Waals surface area contributed by atoms with Crippen molar-refractivity contribution in [1.29, 1.82) is 0 Å². The largest absolute Gasteiger partial charge is 0.504 e. The van der Waals surface area contributed by atoms with E-state index < -0.39 is 29.0 Å². The molecule has 0 saturated heterocycles. The average molecular weight is 254 g/mol. The van der Waals surface area contributed by atoms with Crippen molar-refractivity contribution in [3.8, 4) is 17.2 Å². The Morgan fingerprint density at radius 1 is 1.11 bits per heavy atom. The van der Waals surface area contributed by atoms with Crippen LogP contribution < -0.4 is 0 Å². The first kappa shape index (κ1) is 13.8. The Bertz CT molecular complexity index is 466. The molecule has 0 amide bonds. The van der Waals surface area contributed by atoms with Gasteiger partial charge in [-0.3, -0.25) is 9.59 Å². The molecule has 0 unspecified atom stereocenters. The predicted octanol–water partition coefficient (Wildman–Crippen LogP) is 1.33. The first-order valence-electron chi connectivity index (χ1n) is 5.31. The molecule has 0 aliphatic heterocycles. The van der Waals surface area contributed by atoms with Gasteiger partial charge in [-0.1, -0.05) is 0 Å². The first-order chi connectivity index (χ1) is 8.47. The summed E-state index contributed by atoms with van der Waals surface area (Å²) in [4.78, 5) is 22.5. The molecule has 0 aromatic heterocycles. The van der Waals surface area contributed by atoms with Crippen molar-refractivity contribution >= 4 is 11.8 Å². The number of methoxy groups -OCH3 is 1. The van der Waals surface area contributed by atoms with Gasteiger partial charge in [-0.15, -0.1) is 0 Å². The van der Waals surface area contributed by atoms with Crippen LogP contribution in [0.3, 0.4) is 0 Å². The fourth-order valence-corrected chi connectivity index (χ4v) is 1.42. The molecule has 1 rings (SSSR count). The van der Waals surface area contributed by atoms with Gasteiger partial charge in [0, 0.05) is 12.8 Å². The highest BCUT2D eigenvalue weighted by molar-refractivity contribution is 5.99. The first-order valence-corrected chi connectivity index (χ1v) is 5.31. The van der Waals surface area contributed by atoms with Gasteiger partial charge in [0.15, 0.2) is 17.3 Å². The zero-order valence-corrected chi connectivity index (χ0v) is 9.84. The molecule has 1 aromatic carbocycles. The van der Waals surface area contributed by atoms with Gasteiger partial charge in [-0.2, -0.15) is 0 Å². The van der Waals surface area contributed by atoms with Crippen LogP contribution in [0.15, 0.2) is 12.1 Å². The zero-order valence-electron chi connectivity index (χ0n) is 9.84. The van der Waals surface area contributed by atoms with E-state index in [1.165, 1.54) is 13.2 Å². The number of hydrogen-bond acceptors (Lipinski definition) is 6. The van der Waals surface area contributed by atoms with Gasteiger partial charge in [-0.05, 0) is 18.6 Å². The fraction of sp³-hybridized carbons (Fsp3) is 0.333. The number of phenols is 3. The van der Waals surface area contributed by atoms with Gasteiger partial charge >= 0.3 is 5.97 Å². The van der Waals surface area contributed by atoms with Crippen molar-refractivity contribution < 1.29 is 29.6 Å². The maximum absolute atomic E-state index is 11.7. The SMILES string of the molecule is COC(=O)CCCC(=O)c1ccc(O)c(O)c1O. The van der Waals surface area contributed by atoms with Crippen LogP contribution in [0.25, 0.3) is 0 Å². The molecule has 0 saturated carbocycles. The van der Waals surface area contributed by atoms with Gasteiger partial charge in [0.05, 0.1) is 12.7 Å². The lowest BCUT2D eigenvalue weighted by atomic mass is 10.0. The summed E-state index contributed by atoms with van der Waals surface area (Å²) in [6.45, 7) is 0. The number of phenolic OH excluding ortho intramolecular Hbond substituents is 3. The van der Waals surface area contributed by atoms with Gasteiger partial charge in [0.25, 0.3) is 0 Å². The molecule has 1 aromatic rings. The number of carbonyl (C=O) groups excluding carboxylic acids is 2. The Morgan fingerprint density at radius 2 is 1.78 bits per heavy atom. The van der Waals surface area contributed by atoms with Crippen molar-refractivity contribution in [3.05, 3.63) is 17.7 Å². The number of Topliss-reactive ketones (excluding diaryl/α,β-unsaturated/α-hetero) is 1. The molecule has 0 spiro atoms. The van der Waals surface area contributed by atoms with Gasteiger partial charge in [0.2, 0.25) is 5.75 Å². The minimum Gasteiger partial charge on any atom is -0.504 e. The van der Waals surface area contributed by atoms with Crippen LogP contribution in [-0.4, -0.2) is 34.2 Å². The summed E-state index contributed by atoms with van der Waals surface area (Å²) in [5, 5.41) is 27.8. The topological polar surface area (TPSA) is 104 Å².